The van der Waals surface area contributed by atoms with E-state index in [0.29, 0.717) is 33.2 Å². The van der Waals surface area contributed by atoms with Gasteiger partial charge in [0, 0.05) is 16.3 Å². The topological polar surface area (TPSA) is 71.3 Å². The van der Waals surface area contributed by atoms with Crippen LogP contribution in [0, 0.1) is 18.3 Å². The molecular formula is C25H20Cl2N2O3. The average molecular weight is 467 g/mol. The number of anilines is 1. The number of hydrogen-bond acceptors (Lipinski definition) is 4. The number of carbonyl (C=O) groups is 1. The van der Waals surface area contributed by atoms with Crippen molar-refractivity contribution in [2.45, 2.75) is 6.92 Å². The molecule has 0 heterocycles. The Morgan fingerprint density at radius 1 is 1.09 bits per heavy atom. The first-order valence-electron chi connectivity index (χ1n) is 9.65. The van der Waals surface area contributed by atoms with Crippen LogP contribution >= 0.6 is 23.2 Å². The summed E-state index contributed by atoms with van der Waals surface area (Å²) < 4.78 is 11.0. The number of rotatable bonds is 7. The highest BCUT2D eigenvalue weighted by Crippen LogP contribution is 2.37. The summed E-state index contributed by atoms with van der Waals surface area (Å²) in [6, 6.07) is 20.0. The molecule has 0 aromatic heterocycles. The highest BCUT2D eigenvalue weighted by Gasteiger charge is 2.15. The second kappa shape index (κ2) is 10.7. The zero-order valence-electron chi connectivity index (χ0n) is 17.5. The molecule has 1 amide bonds. The number of hydrogen-bond donors (Lipinski definition) is 1. The third-order valence-corrected chi connectivity index (χ3v) is 5.14. The summed E-state index contributed by atoms with van der Waals surface area (Å²) in [4.78, 5) is 12.2. The Morgan fingerprint density at radius 2 is 1.81 bits per heavy atom. The molecule has 162 valence electrons. The predicted octanol–water partition coefficient (Wildman–Crippen LogP) is 6.39. The van der Waals surface area contributed by atoms with Gasteiger partial charge in [0.2, 0.25) is 0 Å². The normalized spacial score (nSPS) is 10.9. The zero-order chi connectivity index (χ0) is 23.1. The number of methoxy groups -OCH3 is 1. The first-order valence-corrected chi connectivity index (χ1v) is 10.4. The van der Waals surface area contributed by atoms with Gasteiger partial charge in [0.1, 0.15) is 0 Å². The molecule has 0 unspecified atom stereocenters. The Labute approximate surface area is 196 Å². The molecule has 0 aliphatic carbocycles. The number of amides is 1. The molecule has 0 saturated carbocycles. The summed E-state index contributed by atoms with van der Waals surface area (Å²) in [7, 11) is 1.47. The van der Waals surface area contributed by atoms with Crippen LogP contribution in [0.25, 0.3) is 11.6 Å². The SMILES string of the molecule is COc1cc(C=C(C#N)c2ccccc2Cl)cc(Cl)c1OCC(=O)Nc1ccc(C)cc1. The van der Waals surface area contributed by atoms with E-state index in [0.717, 1.165) is 5.56 Å². The molecule has 0 aliphatic heterocycles. The van der Waals surface area contributed by atoms with Crippen LogP contribution in [0.3, 0.4) is 0 Å². The fraction of sp³-hybridized carbons (Fsp3) is 0.120. The molecule has 32 heavy (non-hydrogen) atoms. The summed E-state index contributed by atoms with van der Waals surface area (Å²) in [6.45, 7) is 1.72. The van der Waals surface area contributed by atoms with Gasteiger partial charge in [0.05, 0.1) is 23.8 Å². The number of nitriles is 1. The zero-order valence-corrected chi connectivity index (χ0v) is 19.0. The van der Waals surface area contributed by atoms with Gasteiger partial charge in [0.15, 0.2) is 18.1 Å². The van der Waals surface area contributed by atoms with E-state index >= 15 is 0 Å². The average Bonchev–Trinajstić information content (AvgIpc) is 2.78. The van der Waals surface area contributed by atoms with Crippen LogP contribution in [-0.2, 0) is 4.79 Å². The molecule has 5 nitrogen and oxygen atoms in total. The number of nitrogens with zero attached hydrogens (tertiary/aromatic N) is 1. The Hall–Kier alpha value is -3.46. The first-order chi connectivity index (χ1) is 15.4. The molecule has 7 heteroatoms. The summed E-state index contributed by atoms with van der Waals surface area (Å²) >= 11 is 12.6. The van der Waals surface area contributed by atoms with E-state index in [1.165, 1.54) is 7.11 Å². The van der Waals surface area contributed by atoms with Gasteiger partial charge in [-0.2, -0.15) is 5.26 Å². The third-order valence-electron chi connectivity index (χ3n) is 4.53. The number of allylic oxidation sites excluding steroid dienone is 1. The monoisotopic (exact) mass is 466 g/mol. The fourth-order valence-corrected chi connectivity index (χ4v) is 3.46. The number of nitrogens with one attached hydrogen (secondary N) is 1. The smallest absolute Gasteiger partial charge is 0.262 e. The molecule has 0 bridgehead atoms. The van der Waals surface area contributed by atoms with Crippen LogP contribution in [0.5, 0.6) is 11.5 Å². The standard InChI is InChI=1S/C25H20Cl2N2O3/c1-16-7-9-19(10-8-16)29-24(30)15-32-25-22(27)12-17(13-23(25)31-2)11-18(14-28)20-5-3-4-6-21(20)26/h3-13H,15H2,1-2H3,(H,29,30). The quantitative estimate of drug-likeness (QED) is 0.323. The number of carbonyl (C=O) groups excluding carboxylic acids is 1. The number of benzene rings is 3. The van der Waals surface area contributed by atoms with Crippen molar-refractivity contribution in [1.29, 1.82) is 5.26 Å². The van der Waals surface area contributed by atoms with E-state index in [9.17, 15) is 10.1 Å². The van der Waals surface area contributed by atoms with E-state index in [1.807, 2.05) is 31.2 Å². The van der Waals surface area contributed by atoms with Crippen molar-refractivity contribution in [2.24, 2.45) is 0 Å². The summed E-state index contributed by atoms with van der Waals surface area (Å²) in [6.07, 6.45) is 1.66. The highest BCUT2D eigenvalue weighted by molar-refractivity contribution is 6.33. The van der Waals surface area contributed by atoms with Crippen molar-refractivity contribution < 1.29 is 14.3 Å². The Balaban J connectivity index is 1.79. The van der Waals surface area contributed by atoms with E-state index in [1.54, 1.807) is 42.5 Å². The molecule has 3 aromatic rings. The van der Waals surface area contributed by atoms with E-state index in [2.05, 4.69) is 11.4 Å². The maximum Gasteiger partial charge on any atom is 0.262 e. The minimum Gasteiger partial charge on any atom is -0.493 e. The lowest BCUT2D eigenvalue weighted by atomic mass is 10.0. The van der Waals surface area contributed by atoms with Gasteiger partial charge in [0.25, 0.3) is 5.91 Å². The van der Waals surface area contributed by atoms with Crippen LogP contribution in [0.1, 0.15) is 16.7 Å². The van der Waals surface area contributed by atoms with Crippen LogP contribution in [0.2, 0.25) is 10.0 Å². The van der Waals surface area contributed by atoms with Crippen LogP contribution in [-0.4, -0.2) is 19.6 Å². The lowest BCUT2D eigenvalue weighted by Gasteiger charge is -2.14. The molecule has 0 fully saturated rings. The second-order valence-corrected chi connectivity index (χ2v) is 7.70. The van der Waals surface area contributed by atoms with Gasteiger partial charge in [-0.25, -0.2) is 0 Å². The largest absolute Gasteiger partial charge is 0.493 e. The number of halogens is 2. The van der Waals surface area contributed by atoms with Gasteiger partial charge in [-0.15, -0.1) is 0 Å². The molecule has 0 atom stereocenters. The van der Waals surface area contributed by atoms with Gasteiger partial charge < -0.3 is 14.8 Å². The van der Waals surface area contributed by atoms with E-state index in [-0.39, 0.29) is 23.3 Å². The van der Waals surface area contributed by atoms with Gasteiger partial charge in [-0.05, 0) is 48.9 Å². The Bertz CT molecular complexity index is 1200. The van der Waals surface area contributed by atoms with E-state index in [4.69, 9.17) is 32.7 Å². The molecule has 0 aliphatic rings. The number of aryl methyl sites for hydroxylation is 1. The van der Waals surface area contributed by atoms with Crippen LogP contribution < -0.4 is 14.8 Å². The molecule has 0 saturated heterocycles. The van der Waals surface area contributed by atoms with Crippen molar-refractivity contribution in [2.75, 3.05) is 19.0 Å². The van der Waals surface area contributed by atoms with Crippen molar-refractivity contribution in [3.63, 3.8) is 0 Å². The first kappa shape index (κ1) is 23.2. The number of ether oxygens (including phenoxy) is 2. The van der Waals surface area contributed by atoms with Crippen molar-refractivity contribution in [3.8, 4) is 17.6 Å². The van der Waals surface area contributed by atoms with Crippen molar-refractivity contribution in [1.82, 2.24) is 0 Å². The summed E-state index contributed by atoms with van der Waals surface area (Å²) in [5.41, 5.74) is 3.38. The highest BCUT2D eigenvalue weighted by atomic mass is 35.5. The third kappa shape index (κ3) is 5.82. The maximum absolute atomic E-state index is 12.2. The molecule has 3 rings (SSSR count). The molecule has 0 radical (unpaired) electrons. The minimum absolute atomic E-state index is 0.238. The van der Waals surface area contributed by atoms with Gasteiger partial charge >= 0.3 is 0 Å². The lowest BCUT2D eigenvalue weighted by Crippen LogP contribution is -2.20. The maximum atomic E-state index is 12.2. The summed E-state index contributed by atoms with van der Waals surface area (Å²) in [5.74, 6) is 0.242. The van der Waals surface area contributed by atoms with Gasteiger partial charge in [-0.3, -0.25) is 4.79 Å². The van der Waals surface area contributed by atoms with Gasteiger partial charge in [-0.1, -0.05) is 59.1 Å². The predicted molar refractivity (Wildman–Crippen MR) is 128 cm³/mol. The fourth-order valence-electron chi connectivity index (χ4n) is 2.95. The lowest BCUT2D eigenvalue weighted by molar-refractivity contribution is -0.118. The Kier molecular flexibility index (Phi) is 7.77. The van der Waals surface area contributed by atoms with E-state index < -0.39 is 0 Å². The molecular weight excluding hydrogens is 447 g/mol. The molecule has 3 aromatic carbocycles. The Morgan fingerprint density at radius 3 is 2.47 bits per heavy atom. The summed E-state index contributed by atoms with van der Waals surface area (Å²) in [5, 5.41) is 13.1. The van der Waals surface area contributed by atoms with Crippen molar-refractivity contribution >= 4 is 46.4 Å². The van der Waals surface area contributed by atoms with Crippen LogP contribution in [0.4, 0.5) is 5.69 Å². The van der Waals surface area contributed by atoms with Crippen LogP contribution in [0.15, 0.2) is 60.7 Å². The second-order valence-electron chi connectivity index (χ2n) is 6.89. The minimum atomic E-state index is -0.332. The molecule has 0 spiro atoms. The van der Waals surface area contributed by atoms with Crippen molar-refractivity contribution in [3.05, 3.63) is 87.4 Å². The molecule has 1 N–H and O–H groups in total.